The Morgan fingerprint density at radius 2 is 2.14 bits per heavy atom. The summed E-state index contributed by atoms with van der Waals surface area (Å²) in [7, 11) is 0. The number of benzene rings is 1. The number of nitrogens with one attached hydrogen (secondary N) is 1. The lowest BCUT2D eigenvalue weighted by Gasteiger charge is -2.30. The molecule has 1 aliphatic rings. The Bertz CT molecular complexity index is 546. The molecule has 1 aromatic heterocycles. The summed E-state index contributed by atoms with van der Waals surface area (Å²) in [6.07, 6.45) is 3.81. The predicted octanol–water partition coefficient (Wildman–Crippen LogP) is 1.63. The average molecular weight is 286 g/mol. The van der Waals surface area contributed by atoms with Gasteiger partial charge in [0.25, 0.3) is 0 Å². The summed E-state index contributed by atoms with van der Waals surface area (Å²) < 4.78 is 1.81. The van der Waals surface area contributed by atoms with Crippen molar-refractivity contribution in [2.24, 2.45) is 0 Å². The monoisotopic (exact) mass is 286 g/mol. The van der Waals surface area contributed by atoms with Crippen molar-refractivity contribution >= 4 is 5.95 Å². The Hall–Kier alpha value is -1.95. The topological polar surface area (TPSA) is 58.9 Å². The molecule has 0 spiro atoms. The number of likely N-dealkylation sites (N-methyl/N-ethyl adjacent to an activating group) is 1. The second-order valence-electron chi connectivity index (χ2n) is 5.41. The average Bonchev–Trinajstić information content (AvgIpc) is 3.04. The van der Waals surface area contributed by atoms with Crippen molar-refractivity contribution < 1.29 is 0 Å². The van der Waals surface area contributed by atoms with Crippen LogP contribution in [0.4, 0.5) is 5.95 Å². The van der Waals surface area contributed by atoms with Crippen LogP contribution in [0.5, 0.6) is 0 Å². The van der Waals surface area contributed by atoms with Crippen LogP contribution in [0.3, 0.4) is 0 Å². The van der Waals surface area contributed by atoms with E-state index in [4.69, 9.17) is 0 Å². The van der Waals surface area contributed by atoms with Crippen LogP contribution in [-0.4, -0.2) is 45.9 Å². The molecule has 6 nitrogen and oxygen atoms in total. The highest BCUT2D eigenvalue weighted by molar-refractivity contribution is 5.40. The first-order valence-electron chi connectivity index (χ1n) is 7.70. The molecule has 2 aromatic rings. The van der Waals surface area contributed by atoms with Gasteiger partial charge in [-0.3, -0.25) is 0 Å². The summed E-state index contributed by atoms with van der Waals surface area (Å²) in [6, 6.07) is 10.6. The first-order valence-corrected chi connectivity index (χ1v) is 7.70. The van der Waals surface area contributed by atoms with Crippen LogP contribution in [0.25, 0.3) is 5.69 Å². The van der Waals surface area contributed by atoms with Gasteiger partial charge in [-0.2, -0.15) is 4.68 Å². The van der Waals surface area contributed by atoms with Crippen molar-refractivity contribution in [3.8, 4) is 5.69 Å². The van der Waals surface area contributed by atoms with E-state index in [0.29, 0.717) is 6.04 Å². The van der Waals surface area contributed by atoms with Gasteiger partial charge in [0, 0.05) is 19.1 Å². The van der Waals surface area contributed by atoms with Crippen LogP contribution < -0.4 is 10.2 Å². The van der Waals surface area contributed by atoms with Crippen molar-refractivity contribution in [1.82, 2.24) is 25.5 Å². The standard InChI is InChI=1S/C15H22N6/c1-2-20(12-13-8-6-7-11-16-13)15-17-18-19-21(15)14-9-4-3-5-10-14/h3-5,9-10,13,16H,2,6-8,11-12H2,1H3. The highest BCUT2D eigenvalue weighted by Crippen LogP contribution is 2.17. The molecule has 3 rings (SSSR count). The molecule has 0 radical (unpaired) electrons. The summed E-state index contributed by atoms with van der Waals surface area (Å²) >= 11 is 0. The van der Waals surface area contributed by atoms with Crippen LogP contribution in [0.15, 0.2) is 30.3 Å². The predicted molar refractivity (Wildman–Crippen MR) is 82.7 cm³/mol. The molecule has 1 unspecified atom stereocenters. The van der Waals surface area contributed by atoms with Crippen molar-refractivity contribution in [3.05, 3.63) is 30.3 Å². The van der Waals surface area contributed by atoms with E-state index in [1.165, 1.54) is 19.3 Å². The Morgan fingerprint density at radius 3 is 2.86 bits per heavy atom. The highest BCUT2D eigenvalue weighted by Gasteiger charge is 2.20. The normalized spacial score (nSPS) is 18.6. The molecule has 0 saturated carbocycles. The number of para-hydroxylation sites is 1. The third kappa shape index (κ3) is 3.21. The van der Waals surface area contributed by atoms with Gasteiger partial charge >= 0.3 is 0 Å². The minimum Gasteiger partial charge on any atom is -0.338 e. The van der Waals surface area contributed by atoms with Crippen molar-refractivity contribution in [1.29, 1.82) is 0 Å². The molecule has 1 aliphatic heterocycles. The molecule has 1 N–H and O–H groups in total. The van der Waals surface area contributed by atoms with Crippen LogP contribution in [-0.2, 0) is 0 Å². The number of hydrogen-bond acceptors (Lipinski definition) is 5. The number of nitrogens with zero attached hydrogens (tertiary/aromatic N) is 5. The minimum atomic E-state index is 0.527. The number of piperidine rings is 1. The van der Waals surface area contributed by atoms with Gasteiger partial charge in [-0.25, -0.2) is 0 Å². The summed E-state index contributed by atoms with van der Waals surface area (Å²) in [5.41, 5.74) is 0.993. The smallest absolute Gasteiger partial charge is 0.250 e. The Morgan fingerprint density at radius 1 is 1.29 bits per heavy atom. The summed E-state index contributed by atoms with van der Waals surface area (Å²) in [6.45, 7) is 5.10. The summed E-state index contributed by atoms with van der Waals surface area (Å²) in [4.78, 5) is 2.25. The fourth-order valence-electron chi connectivity index (χ4n) is 2.81. The number of tetrazole rings is 1. The van der Waals surface area contributed by atoms with E-state index in [2.05, 4.69) is 32.7 Å². The number of anilines is 1. The van der Waals surface area contributed by atoms with Gasteiger partial charge in [0.15, 0.2) is 0 Å². The first kappa shape index (κ1) is 14.0. The van der Waals surface area contributed by atoms with E-state index >= 15 is 0 Å². The van der Waals surface area contributed by atoms with Crippen LogP contribution >= 0.6 is 0 Å². The first-order chi connectivity index (χ1) is 10.4. The molecule has 1 saturated heterocycles. The third-order valence-corrected chi connectivity index (χ3v) is 3.97. The lowest BCUT2D eigenvalue weighted by Crippen LogP contribution is -2.44. The van der Waals surface area contributed by atoms with E-state index in [0.717, 1.165) is 31.3 Å². The lowest BCUT2D eigenvalue weighted by atomic mass is 10.0. The van der Waals surface area contributed by atoms with E-state index in [-0.39, 0.29) is 0 Å². The molecule has 0 bridgehead atoms. The Labute approximate surface area is 125 Å². The molecule has 1 fully saturated rings. The van der Waals surface area contributed by atoms with Gasteiger partial charge in [0.05, 0.1) is 5.69 Å². The second kappa shape index (κ2) is 6.67. The van der Waals surface area contributed by atoms with Crippen molar-refractivity contribution in [3.63, 3.8) is 0 Å². The van der Waals surface area contributed by atoms with Gasteiger partial charge in [-0.05, 0) is 48.9 Å². The van der Waals surface area contributed by atoms with Gasteiger partial charge in [0.2, 0.25) is 5.95 Å². The summed E-state index contributed by atoms with van der Waals surface area (Å²) in [5.74, 6) is 0.816. The number of aromatic nitrogens is 4. The highest BCUT2D eigenvalue weighted by atomic mass is 15.6. The largest absolute Gasteiger partial charge is 0.338 e. The number of hydrogen-bond donors (Lipinski definition) is 1. The molecular weight excluding hydrogens is 264 g/mol. The zero-order valence-corrected chi connectivity index (χ0v) is 12.4. The maximum Gasteiger partial charge on any atom is 0.250 e. The molecule has 1 atom stereocenters. The van der Waals surface area contributed by atoms with E-state index < -0.39 is 0 Å². The molecule has 0 aliphatic carbocycles. The van der Waals surface area contributed by atoms with Gasteiger partial charge < -0.3 is 10.2 Å². The molecule has 21 heavy (non-hydrogen) atoms. The van der Waals surface area contributed by atoms with Crippen LogP contribution in [0.1, 0.15) is 26.2 Å². The van der Waals surface area contributed by atoms with E-state index in [9.17, 15) is 0 Å². The molecule has 6 heteroatoms. The van der Waals surface area contributed by atoms with Crippen molar-refractivity contribution in [2.75, 3.05) is 24.5 Å². The Balaban J connectivity index is 1.79. The molecule has 2 heterocycles. The molecular formula is C15H22N6. The Kier molecular flexibility index (Phi) is 4.45. The van der Waals surface area contributed by atoms with Gasteiger partial charge in [-0.15, -0.1) is 0 Å². The molecule has 1 aromatic carbocycles. The lowest BCUT2D eigenvalue weighted by molar-refractivity contribution is 0.398. The fraction of sp³-hybridized carbons (Fsp3) is 0.533. The minimum absolute atomic E-state index is 0.527. The van der Waals surface area contributed by atoms with E-state index in [1.807, 2.05) is 35.0 Å². The second-order valence-corrected chi connectivity index (χ2v) is 5.41. The zero-order chi connectivity index (χ0) is 14.5. The zero-order valence-electron chi connectivity index (χ0n) is 12.4. The third-order valence-electron chi connectivity index (χ3n) is 3.97. The SMILES string of the molecule is CCN(CC1CCCCN1)c1nnnn1-c1ccccc1. The van der Waals surface area contributed by atoms with E-state index in [1.54, 1.807) is 0 Å². The van der Waals surface area contributed by atoms with Gasteiger partial charge in [-0.1, -0.05) is 29.7 Å². The maximum atomic E-state index is 4.23. The molecule has 112 valence electrons. The van der Waals surface area contributed by atoms with Gasteiger partial charge in [0.1, 0.15) is 0 Å². The quantitative estimate of drug-likeness (QED) is 0.905. The summed E-state index contributed by atoms with van der Waals surface area (Å²) in [5, 5.41) is 15.8. The van der Waals surface area contributed by atoms with Crippen LogP contribution in [0, 0.1) is 0 Å². The van der Waals surface area contributed by atoms with Crippen LogP contribution in [0.2, 0.25) is 0 Å². The number of rotatable bonds is 5. The maximum absolute atomic E-state index is 4.23. The fourth-order valence-corrected chi connectivity index (χ4v) is 2.81. The van der Waals surface area contributed by atoms with Crippen molar-refractivity contribution in [2.45, 2.75) is 32.2 Å². The molecule has 0 amide bonds.